The van der Waals surface area contributed by atoms with E-state index in [4.69, 9.17) is 11.6 Å². The van der Waals surface area contributed by atoms with E-state index in [-0.39, 0.29) is 11.7 Å². The Balaban J connectivity index is 1.93. The Morgan fingerprint density at radius 3 is 2.89 bits per heavy atom. The van der Waals surface area contributed by atoms with E-state index in [1.54, 1.807) is 22.8 Å². The second-order valence-electron chi connectivity index (χ2n) is 4.32. The Kier molecular flexibility index (Phi) is 3.20. The minimum atomic E-state index is -0.189. The van der Waals surface area contributed by atoms with Crippen LogP contribution in [-0.4, -0.2) is 21.1 Å². The van der Waals surface area contributed by atoms with Crippen molar-refractivity contribution < 1.29 is 4.79 Å². The summed E-state index contributed by atoms with van der Waals surface area (Å²) in [7, 11) is 0. The summed E-state index contributed by atoms with van der Waals surface area (Å²) in [6.07, 6.45) is 2.75. The minimum Gasteiger partial charge on any atom is -0.298 e. The van der Waals surface area contributed by atoms with Crippen LogP contribution in [0, 0.1) is 0 Å². The van der Waals surface area contributed by atoms with Gasteiger partial charge in [0.05, 0.1) is 5.02 Å². The number of nitrogens with one attached hydrogen (secondary N) is 1. The molecule has 2 aromatic rings. The van der Waals surface area contributed by atoms with Crippen LogP contribution in [0.15, 0.2) is 33.0 Å². The molecule has 19 heavy (non-hydrogen) atoms. The Hall–Kier alpha value is -1.53. The summed E-state index contributed by atoms with van der Waals surface area (Å²) in [6, 6.07) is 5.30. The number of aromatic nitrogens is 3. The molecule has 0 saturated heterocycles. The molecule has 0 unspecified atom stereocenters. The fourth-order valence-electron chi connectivity index (χ4n) is 1.79. The lowest BCUT2D eigenvalue weighted by molar-refractivity contribution is 0.112. The van der Waals surface area contributed by atoms with Gasteiger partial charge >= 0.3 is 5.69 Å². The number of carbonyl (C=O) groups is 1. The van der Waals surface area contributed by atoms with Crippen LogP contribution in [0.5, 0.6) is 0 Å². The van der Waals surface area contributed by atoms with E-state index in [9.17, 15) is 9.59 Å². The van der Waals surface area contributed by atoms with Crippen molar-refractivity contribution in [2.24, 2.45) is 0 Å². The number of aromatic amines is 1. The highest BCUT2D eigenvalue weighted by atomic mass is 35.5. The first-order valence-corrected chi connectivity index (χ1v) is 6.98. The summed E-state index contributed by atoms with van der Waals surface area (Å²) >= 11 is 7.43. The molecule has 1 saturated carbocycles. The zero-order valence-corrected chi connectivity index (χ0v) is 11.4. The van der Waals surface area contributed by atoms with Crippen LogP contribution in [0.25, 0.3) is 0 Å². The zero-order valence-electron chi connectivity index (χ0n) is 9.80. The number of aldehydes is 1. The summed E-state index contributed by atoms with van der Waals surface area (Å²) in [6.45, 7) is 0. The summed E-state index contributed by atoms with van der Waals surface area (Å²) < 4.78 is 1.66. The third-order valence-corrected chi connectivity index (χ3v) is 4.35. The number of hydrogen-bond acceptors (Lipinski definition) is 4. The van der Waals surface area contributed by atoms with Gasteiger partial charge in [-0.2, -0.15) is 0 Å². The largest absolute Gasteiger partial charge is 0.344 e. The summed E-state index contributed by atoms with van der Waals surface area (Å²) in [5.41, 5.74) is 0.335. The lowest BCUT2D eigenvalue weighted by atomic mass is 10.2. The highest BCUT2D eigenvalue weighted by Gasteiger charge is 2.28. The predicted octanol–water partition coefficient (Wildman–Crippen LogP) is 2.52. The van der Waals surface area contributed by atoms with Gasteiger partial charge in [-0.05, 0) is 36.7 Å². The molecule has 0 atom stereocenters. The van der Waals surface area contributed by atoms with Gasteiger partial charge in [-0.25, -0.2) is 9.89 Å². The van der Waals surface area contributed by atoms with Crippen LogP contribution in [0.1, 0.15) is 29.2 Å². The fraction of sp³-hybridized carbons (Fsp3) is 0.250. The number of rotatable bonds is 4. The molecule has 7 heteroatoms. The van der Waals surface area contributed by atoms with Crippen molar-refractivity contribution in [2.75, 3.05) is 0 Å². The molecule has 5 nitrogen and oxygen atoms in total. The van der Waals surface area contributed by atoms with Crippen molar-refractivity contribution in [1.29, 1.82) is 0 Å². The molecule has 3 rings (SSSR count). The second kappa shape index (κ2) is 4.86. The molecule has 0 bridgehead atoms. The van der Waals surface area contributed by atoms with Gasteiger partial charge in [0.15, 0.2) is 5.16 Å². The molecule has 1 aromatic carbocycles. The van der Waals surface area contributed by atoms with Gasteiger partial charge in [-0.15, -0.1) is 5.10 Å². The molecule has 0 amide bonds. The van der Waals surface area contributed by atoms with E-state index < -0.39 is 0 Å². The van der Waals surface area contributed by atoms with Gasteiger partial charge in [-0.1, -0.05) is 17.7 Å². The number of carbonyl (C=O) groups excluding carboxylic acids is 1. The maximum Gasteiger partial charge on any atom is 0.344 e. The molecule has 0 aliphatic heterocycles. The standard InChI is InChI=1S/C12H10ClN3O2S/c13-9-5-7(6-17)1-4-10(9)19-12-15-14-11(18)16(12)8-2-3-8/h1,4-6,8H,2-3H2,(H,14,18). The van der Waals surface area contributed by atoms with Crippen molar-refractivity contribution >= 4 is 29.6 Å². The maximum absolute atomic E-state index is 11.6. The van der Waals surface area contributed by atoms with Gasteiger partial charge in [0.25, 0.3) is 0 Å². The number of halogens is 1. The minimum absolute atomic E-state index is 0.189. The maximum atomic E-state index is 11.6. The quantitative estimate of drug-likeness (QED) is 0.880. The summed E-state index contributed by atoms with van der Waals surface area (Å²) in [4.78, 5) is 23.1. The summed E-state index contributed by atoms with van der Waals surface area (Å²) in [5, 5.41) is 7.56. The molecular weight excluding hydrogens is 286 g/mol. The first-order chi connectivity index (χ1) is 9.19. The third-order valence-electron chi connectivity index (χ3n) is 2.88. The first-order valence-electron chi connectivity index (χ1n) is 5.78. The third kappa shape index (κ3) is 2.46. The number of nitrogens with zero attached hydrogens (tertiary/aromatic N) is 2. The highest BCUT2D eigenvalue weighted by molar-refractivity contribution is 7.99. The number of H-pyrrole nitrogens is 1. The van der Waals surface area contributed by atoms with E-state index in [1.807, 2.05) is 0 Å². The van der Waals surface area contributed by atoms with E-state index in [0.717, 1.165) is 24.0 Å². The van der Waals surface area contributed by atoms with Crippen LogP contribution in [-0.2, 0) is 0 Å². The molecule has 1 heterocycles. The van der Waals surface area contributed by atoms with Crippen molar-refractivity contribution in [3.63, 3.8) is 0 Å². The van der Waals surface area contributed by atoms with Gasteiger partial charge in [0.1, 0.15) is 6.29 Å². The van der Waals surface area contributed by atoms with Crippen molar-refractivity contribution in [3.8, 4) is 0 Å². The van der Waals surface area contributed by atoms with E-state index in [2.05, 4.69) is 10.2 Å². The van der Waals surface area contributed by atoms with Crippen LogP contribution in [0.2, 0.25) is 5.02 Å². The van der Waals surface area contributed by atoms with Gasteiger partial charge in [0, 0.05) is 16.5 Å². The van der Waals surface area contributed by atoms with Crippen LogP contribution in [0.4, 0.5) is 0 Å². The monoisotopic (exact) mass is 295 g/mol. The molecule has 1 fully saturated rings. The zero-order chi connectivity index (χ0) is 13.4. The van der Waals surface area contributed by atoms with E-state index >= 15 is 0 Å². The fourth-order valence-corrected chi connectivity index (χ4v) is 3.00. The van der Waals surface area contributed by atoms with Crippen molar-refractivity contribution in [1.82, 2.24) is 14.8 Å². The molecule has 0 spiro atoms. The van der Waals surface area contributed by atoms with E-state index in [1.165, 1.54) is 11.8 Å². The Bertz CT molecular complexity index is 691. The highest BCUT2D eigenvalue weighted by Crippen LogP contribution is 2.39. The van der Waals surface area contributed by atoms with Crippen LogP contribution < -0.4 is 5.69 Å². The molecule has 1 aliphatic rings. The second-order valence-corrected chi connectivity index (χ2v) is 5.74. The lowest BCUT2D eigenvalue weighted by Crippen LogP contribution is -2.15. The van der Waals surface area contributed by atoms with Gasteiger partial charge in [-0.3, -0.25) is 9.36 Å². The van der Waals surface area contributed by atoms with E-state index in [0.29, 0.717) is 15.7 Å². The Labute approximate surface area is 118 Å². The van der Waals surface area contributed by atoms with Crippen LogP contribution in [0.3, 0.4) is 0 Å². The Morgan fingerprint density at radius 1 is 1.47 bits per heavy atom. The van der Waals surface area contributed by atoms with Gasteiger partial charge in [0.2, 0.25) is 0 Å². The molecule has 1 aromatic heterocycles. The van der Waals surface area contributed by atoms with Crippen molar-refractivity contribution in [2.45, 2.75) is 28.9 Å². The normalized spacial score (nSPS) is 14.6. The average molecular weight is 296 g/mol. The van der Waals surface area contributed by atoms with Gasteiger partial charge < -0.3 is 0 Å². The topological polar surface area (TPSA) is 67.8 Å². The number of hydrogen-bond donors (Lipinski definition) is 1. The SMILES string of the molecule is O=Cc1ccc(Sc2n[nH]c(=O)n2C2CC2)c(Cl)c1. The van der Waals surface area contributed by atoms with Crippen LogP contribution >= 0.6 is 23.4 Å². The van der Waals surface area contributed by atoms with Crippen molar-refractivity contribution in [3.05, 3.63) is 39.3 Å². The average Bonchev–Trinajstić information content (AvgIpc) is 3.17. The lowest BCUT2D eigenvalue weighted by Gasteiger charge is -2.05. The molecule has 98 valence electrons. The predicted molar refractivity (Wildman–Crippen MR) is 72.1 cm³/mol. The molecule has 1 N–H and O–H groups in total. The molecule has 0 radical (unpaired) electrons. The number of benzene rings is 1. The smallest absolute Gasteiger partial charge is 0.298 e. The Morgan fingerprint density at radius 2 is 2.26 bits per heavy atom. The molecular formula is C12H10ClN3O2S. The summed E-state index contributed by atoms with van der Waals surface area (Å²) in [5.74, 6) is 0. The first kappa shape index (κ1) is 12.5. The molecule has 1 aliphatic carbocycles.